The lowest BCUT2D eigenvalue weighted by atomic mass is 9.96. The fourth-order valence-corrected chi connectivity index (χ4v) is 4.60. The Morgan fingerprint density at radius 1 is 1.22 bits per heavy atom. The van der Waals surface area contributed by atoms with E-state index in [-0.39, 0.29) is 29.7 Å². The molecule has 2 aliphatic rings. The second-order valence-corrected chi connectivity index (χ2v) is 9.06. The molecule has 2 unspecified atom stereocenters. The van der Waals surface area contributed by atoms with Gasteiger partial charge in [0.15, 0.2) is 0 Å². The molecule has 0 radical (unpaired) electrons. The summed E-state index contributed by atoms with van der Waals surface area (Å²) in [7, 11) is 0. The molecule has 176 valence electrons. The number of piperidine rings is 1. The Labute approximate surface area is 190 Å². The number of para-hydroxylation sites is 1. The lowest BCUT2D eigenvalue weighted by Crippen LogP contribution is -2.52. The van der Waals surface area contributed by atoms with Gasteiger partial charge in [0, 0.05) is 18.2 Å². The summed E-state index contributed by atoms with van der Waals surface area (Å²) < 4.78 is 0. The monoisotopic (exact) mass is 443 g/mol. The van der Waals surface area contributed by atoms with Crippen molar-refractivity contribution in [2.75, 3.05) is 31.5 Å². The number of nitrogens with zero attached hydrogens (tertiary/aromatic N) is 2. The molecule has 32 heavy (non-hydrogen) atoms. The summed E-state index contributed by atoms with van der Waals surface area (Å²) in [6.07, 6.45) is 4.32. The van der Waals surface area contributed by atoms with E-state index >= 15 is 0 Å². The number of hydrogen-bond acceptors (Lipinski definition) is 4. The first-order valence-corrected chi connectivity index (χ1v) is 11.9. The largest absolute Gasteiger partial charge is 0.369 e. The van der Waals surface area contributed by atoms with Crippen LogP contribution in [0.25, 0.3) is 0 Å². The van der Waals surface area contributed by atoms with Gasteiger partial charge < -0.3 is 26.2 Å². The maximum Gasteiger partial charge on any atom is 0.318 e. The minimum atomic E-state index is -0.501. The number of likely N-dealkylation sites (tertiary alicyclic amines) is 1. The molecule has 0 aliphatic carbocycles. The molecule has 3 rings (SSSR count). The van der Waals surface area contributed by atoms with Crippen molar-refractivity contribution in [1.82, 2.24) is 15.1 Å². The smallest absolute Gasteiger partial charge is 0.318 e. The number of urea groups is 1. The van der Waals surface area contributed by atoms with Crippen molar-refractivity contribution < 1.29 is 14.4 Å². The van der Waals surface area contributed by atoms with Gasteiger partial charge in [-0.2, -0.15) is 0 Å². The summed E-state index contributed by atoms with van der Waals surface area (Å²) in [5.74, 6) is -0.245. The molecule has 0 aromatic heterocycles. The van der Waals surface area contributed by atoms with Crippen LogP contribution in [-0.2, 0) is 16.1 Å². The zero-order valence-corrected chi connectivity index (χ0v) is 19.3. The van der Waals surface area contributed by atoms with Crippen molar-refractivity contribution >= 4 is 23.5 Å². The van der Waals surface area contributed by atoms with Crippen LogP contribution in [0.1, 0.15) is 51.5 Å². The first-order valence-electron chi connectivity index (χ1n) is 11.9. The normalized spacial score (nSPS) is 20.8. The molecule has 2 heterocycles. The van der Waals surface area contributed by atoms with Crippen LogP contribution in [0, 0.1) is 11.8 Å². The third-order valence-electron chi connectivity index (χ3n) is 6.83. The molecule has 1 fully saturated rings. The van der Waals surface area contributed by atoms with E-state index in [2.05, 4.69) is 15.5 Å². The molecule has 4 N–H and O–H groups in total. The van der Waals surface area contributed by atoms with Crippen LogP contribution in [-0.4, -0.2) is 59.9 Å². The van der Waals surface area contributed by atoms with Crippen LogP contribution in [0.3, 0.4) is 0 Å². The van der Waals surface area contributed by atoms with Crippen molar-refractivity contribution in [1.29, 1.82) is 0 Å². The average Bonchev–Trinajstić information content (AvgIpc) is 2.94. The third kappa shape index (κ3) is 6.00. The Morgan fingerprint density at radius 3 is 2.62 bits per heavy atom. The lowest BCUT2D eigenvalue weighted by molar-refractivity contribution is -0.123. The maximum atomic E-state index is 13.1. The number of rotatable bonds is 8. The highest BCUT2D eigenvalue weighted by Gasteiger charge is 2.36. The number of primary amides is 1. The molecule has 8 nitrogen and oxygen atoms in total. The number of unbranched alkanes of at least 4 members (excludes halogenated alkanes) is 1. The van der Waals surface area contributed by atoms with Gasteiger partial charge >= 0.3 is 6.03 Å². The minimum Gasteiger partial charge on any atom is -0.369 e. The number of anilines is 1. The van der Waals surface area contributed by atoms with Crippen LogP contribution in [0.4, 0.5) is 10.5 Å². The maximum absolute atomic E-state index is 13.1. The highest BCUT2D eigenvalue weighted by Crippen LogP contribution is 2.27. The van der Waals surface area contributed by atoms with Gasteiger partial charge in [-0.15, -0.1) is 0 Å². The number of benzene rings is 1. The van der Waals surface area contributed by atoms with Crippen LogP contribution in [0.2, 0.25) is 0 Å². The van der Waals surface area contributed by atoms with Crippen molar-refractivity contribution in [3.05, 3.63) is 29.8 Å². The molecular weight excluding hydrogens is 406 g/mol. The second-order valence-electron chi connectivity index (χ2n) is 9.06. The van der Waals surface area contributed by atoms with Gasteiger partial charge in [-0.3, -0.25) is 9.59 Å². The number of hydrogen-bond donors (Lipinski definition) is 3. The zero-order chi connectivity index (χ0) is 23.1. The molecule has 1 aromatic carbocycles. The number of nitrogens with one attached hydrogen (secondary N) is 2. The molecule has 0 saturated carbocycles. The quantitative estimate of drug-likeness (QED) is 0.537. The Bertz CT molecular complexity index is 807. The highest BCUT2D eigenvalue weighted by molar-refractivity contribution is 5.98. The Hall–Kier alpha value is -2.61. The summed E-state index contributed by atoms with van der Waals surface area (Å²) in [6.45, 7) is 7.79. The Morgan fingerprint density at radius 2 is 1.94 bits per heavy atom. The summed E-state index contributed by atoms with van der Waals surface area (Å²) in [4.78, 5) is 41.3. The topological polar surface area (TPSA) is 108 Å². The second kappa shape index (κ2) is 11.3. The minimum absolute atomic E-state index is 0.0138. The van der Waals surface area contributed by atoms with E-state index in [9.17, 15) is 14.4 Å². The van der Waals surface area contributed by atoms with E-state index in [4.69, 9.17) is 5.73 Å². The van der Waals surface area contributed by atoms with E-state index in [1.807, 2.05) is 38.1 Å². The molecule has 0 spiro atoms. The molecule has 2 atom stereocenters. The van der Waals surface area contributed by atoms with Gasteiger partial charge in [0.1, 0.15) is 6.04 Å². The predicted molar refractivity (Wildman–Crippen MR) is 125 cm³/mol. The molecule has 2 aliphatic heterocycles. The number of carbonyl (C=O) groups excluding carboxylic acids is 3. The Kier molecular flexibility index (Phi) is 8.50. The first kappa shape index (κ1) is 24.0. The summed E-state index contributed by atoms with van der Waals surface area (Å²) >= 11 is 0. The van der Waals surface area contributed by atoms with E-state index in [0.29, 0.717) is 13.1 Å². The zero-order valence-electron chi connectivity index (χ0n) is 19.3. The fraction of sp³-hybridized carbons (Fsp3) is 0.625. The third-order valence-corrected chi connectivity index (χ3v) is 6.83. The van der Waals surface area contributed by atoms with Crippen molar-refractivity contribution in [3.63, 3.8) is 0 Å². The van der Waals surface area contributed by atoms with Crippen molar-refractivity contribution in [2.45, 2.75) is 58.5 Å². The van der Waals surface area contributed by atoms with E-state index < -0.39 is 6.04 Å². The Balaban J connectivity index is 1.50. The van der Waals surface area contributed by atoms with Gasteiger partial charge in [-0.1, -0.05) is 38.5 Å². The molecule has 1 aromatic rings. The fourth-order valence-electron chi connectivity index (χ4n) is 4.60. The predicted octanol–water partition coefficient (Wildman–Crippen LogP) is 2.54. The van der Waals surface area contributed by atoms with Crippen LogP contribution < -0.4 is 16.4 Å². The van der Waals surface area contributed by atoms with E-state index in [0.717, 1.165) is 63.0 Å². The number of carbonyl (C=O) groups is 3. The summed E-state index contributed by atoms with van der Waals surface area (Å²) in [5.41, 5.74) is 7.12. The van der Waals surface area contributed by atoms with Crippen molar-refractivity contribution in [2.24, 2.45) is 17.6 Å². The number of fused-ring (bicyclic) bond motifs is 1. The summed E-state index contributed by atoms with van der Waals surface area (Å²) in [5, 5.41) is 6.03. The SMILES string of the molecule is CCC(C)C1C(=O)Nc2ccccc2CN1C(=O)NCCCCN1CCC(C(N)=O)CC1. The molecule has 1 saturated heterocycles. The molecule has 8 heteroatoms. The van der Waals surface area contributed by atoms with Gasteiger partial charge in [-0.25, -0.2) is 4.79 Å². The van der Waals surface area contributed by atoms with Gasteiger partial charge in [0.25, 0.3) is 0 Å². The number of nitrogens with two attached hydrogens (primary N) is 1. The average molecular weight is 444 g/mol. The van der Waals surface area contributed by atoms with Gasteiger partial charge in [0.2, 0.25) is 11.8 Å². The standard InChI is InChI=1S/C24H37N5O3/c1-3-17(2)21-23(31)27-20-9-5-4-8-19(20)16-29(21)24(32)26-12-6-7-13-28-14-10-18(11-15-28)22(25)30/h4-5,8-9,17-18,21H,3,6-7,10-16H2,1-2H3,(H2,25,30)(H,26,32)(H,27,31). The molecule has 0 bridgehead atoms. The molecular formula is C24H37N5O3. The van der Waals surface area contributed by atoms with Crippen LogP contribution in [0.15, 0.2) is 24.3 Å². The van der Waals surface area contributed by atoms with Crippen LogP contribution >= 0.6 is 0 Å². The number of amides is 4. The lowest BCUT2D eigenvalue weighted by Gasteiger charge is -2.32. The summed E-state index contributed by atoms with van der Waals surface area (Å²) in [6, 6.07) is 6.97. The highest BCUT2D eigenvalue weighted by atomic mass is 16.2. The van der Waals surface area contributed by atoms with E-state index in [1.165, 1.54) is 0 Å². The van der Waals surface area contributed by atoms with Gasteiger partial charge in [-0.05, 0) is 62.9 Å². The van der Waals surface area contributed by atoms with Crippen molar-refractivity contribution in [3.8, 4) is 0 Å². The molecule has 4 amide bonds. The van der Waals surface area contributed by atoms with Gasteiger partial charge in [0.05, 0.1) is 6.54 Å². The first-order chi connectivity index (χ1) is 15.4. The van der Waals surface area contributed by atoms with E-state index in [1.54, 1.807) is 4.90 Å². The van der Waals surface area contributed by atoms with Crippen LogP contribution in [0.5, 0.6) is 0 Å².